The molecule has 0 aromatic carbocycles. The first-order valence-electron chi connectivity index (χ1n) is 6.40. The van der Waals surface area contributed by atoms with E-state index < -0.39 is 12.1 Å². The first-order chi connectivity index (χ1) is 8.93. The summed E-state index contributed by atoms with van der Waals surface area (Å²) in [7, 11) is 0. The fraction of sp³-hybridized carbons (Fsp3) is 0.833. The maximum absolute atomic E-state index is 12.4. The molecule has 3 amide bonds. The second kappa shape index (κ2) is 9.91. The van der Waals surface area contributed by atoms with Crippen LogP contribution in [0.4, 0.5) is 4.79 Å². The van der Waals surface area contributed by atoms with Gasteiger partial charge in [0.15, 0.2) is 0 Å². The van der Waals surface area contributed by atoms with Gasteiger partial charge in [-0.15, -0.1) is 0 Å². The average molecular weight is 291 g/mol. The van der Waals surface area contributed by atoms with Crippen molar-refractivity contribution >= 4 is 23.7 Å². The topological polar surface area (TPSA) is 95.7 Å². The molecule has 112 valence electrons. The molecule has 0 saturated heterocycles. The maximum Gasteiger partial charge on any atom is 0.312 e. The number of primary amides is 1. The summed E-state index contributed by atoms with van der Waals surface area (Å²) in [5, 5.41) is 11.4. The van der Waals surface area contributed by atoms with Gasteiger partial charge in [0, 0.05) is 19.2 Å². The minimum Gasteiger partial charge on any atom is -0.396 e. The lowest BCUT2D eigenvalue weighted by Crippen LogP contribution is -2.52. The van der Waals surface area contributed by atoms with E-state index in [0.29, 0.717) is 19.4 Å². The average Bonchev–Trinajstić information content (AvgIpc) is 2.33. The van der Waals surface area contributed by atoms with Crippen LogP contribution in [0.3, 0.4) is 0 Å². The molecule has 7 heteroatoms. The monoisotopic (exact) mass is 291 g/mol. The standard InChI is InChI=1S/C12H25N3O3S/c1-9(2)15(6-4-7-16)11(17)10(5-8-19-3)14-12(13)18/h9-10,16H,4-8H2,1-3H3,(H3,13,14,18). The molecule has 0 radical (unpaired) electrons. The highest BCUT2D eigenvalue weighted by Gasteiger charge is 2.26. The molecule has 6 nitrogen and oxygen atoms in total. The summed E-state index contributed by atoms with van der Waals surface area (Å²) in [5.74, 6) is 0.624. The second-order valence-corrected chi connectivity index (χ2v) is 5.53. The fourth-order valence-electron chi connectivity index (χ4n) is 1.73. The number of thioether (sulfide) groups is 1. The van der Waals surface area contributed by atoms with Crippen molar-refractivity contribution in [3.05, 3.63) is 0 Å². The van der Waals surface area contributed by atoms with Gasteiger partial charge >= 0.3 is 6.03 Å². The zero-order chi connectivity index (χ0) is 14.8. The number of amides is 3. The second-order valence-electron chi connectivity index (χ2n) is 4.55. The van der Waals surface area contributed by atoms with Crippen LogP contribution in [0.2, 0.25) is 0 Å². The van der Waals surface area contributed by atoms with Gasteiger partial charge in [-0.25, -0.2) is 4.79 Å². The molecule has 0 spiro atoms. The van der Waals surface area contributed by atoms with Crippen LogP contribution in [0.1, 0.15) is 26.7 Å². The van der Waals surface area contributed by atoms with E-state index in [9.17, 15) is 9.59 Å². The number of nitrogens with zero attached hydrogens (tertiary/aromatic N) is 1. The Morgan fingerprint density at radius 1 is 1.42 bits per heavy atom. The molecule has 0 fully saturated rings. The van der Waals surface area contributed by atoms with E-state index >= 15 is 0 Å². The Bertz CT molecular complexity index is 287. The van der Waals surface area contributed by atoms with Crippen LogP contribution in [-0.4, -0.2) is 59.2 Å². The van der Waals surface area contributed by atoms with Crippen LogP contribution in [0.25, 0.3) is 0 Å². The van der Waals surface area contributed by atoms with Gasteiger partial charge in [-0.2, -0.15) is 11.8 Å². The lowest BCUT2D eigenvalue weighted by atomic mass is 10.1. The highest BCUT2D eigenvalue weighted by Crippen LogP contribution is 2.08. The van der Waals surface area contributed by atoms with E-state index in [1.807, 2.05) is 20.1 Å². The Morgan fingerprint density at radius 3 is 2.47 bits per heavy atom. The number of hydrogen-bond donors (Lipinski definition) is 3. The predicted molar refractivity (Wildman–Crippen MR) is 78.1 cm³/mol. The molecular weight excluding hydrogens is 266 g/mol. The molecule has 1 unspecified atom stereocenters. The predicted octanol–water partition coefficient (Wildman–Crippen LogP) is 0.396. The molecule has 4 N–H and O–H groups in total. The van der Waals surface area contributed by atoms with Gasteiger partial charge in [0.2, 0.25) is 5.91 Å². The van der Waals surface area contributed by atoms with Crippen molar-refractivity contribution in [1.82, 2.24) is 10.2 Å². The summed E-state index contributed by atoms with van der Waals surface area (Å²) >= 11 is 1.61. The molecule has 0 aliphatic heterocycles. The first-order valence-corrected chi connectivity index (χ1v) is 7.79. The smallest absolute Gasteiger partial charge is 0.312 e. The molecule has 0 aromatic heterocycles. The normalized spacial score (nSPS) is 12.3. The number of urea groups is 1. The van der Waals surface area contributed by atoms with E-state index in [0.717, 1.165) is 5.75 Å². The van der Waals surface area contributed by atoms with E-state index in [1.165, 1.54) is 0 Å². The van der Waals surface area contributed by atoms with Crippen molar-refractivity contribution in [2.75, 3.05) is 25.2 Å². The summed E-state index contributed by atoms with van der Waals surface area (Å²) in [4.78, 5) is 25.0. The largest absolute Gasteiger partial charge is 0.396 e. The van der Waals surface area contributed by atoms with E-state index in [-0.39, 0.29) is 18.6 Å². The molecule has 0 bridgehead atoms. The third kappa shape index (κ3) is 7.27. The number of carbonyl (C=O) groups excluding carboxylic acids is 2. The van der Waals surface area contributed by atoms with Crippen LogP contribution in [0.5, 0.6) is 0 Å². The van der Waals surface area contributed by atoms with Crippen LogP contribution < -0.4 is 11.1 Å². The van der Waals surface area contributed by atoms with Gasteiger partial charge in [0.25, 0.3) is 0 Å². The zero-order valence-electron chi connectivity index (χ0n) is 11.9. The van der Waals surface area contributed by atoms with Crippen LogP contribution in [-0.2, 0) is 4.79 Å². The van der Waals surface area contributed by atoms with Gasteiger partial charge in [-0.1, -0.05) is 0 Å². The van der Waals surface area contributed by atoms with Crippen molar-refractivity contribution in [1.29, 1.82) is 0 Å². The van der Waals surface area contributed by atoms with Crippen LogP contribution in [0, 0.1) is 0 Å². The van der Waals surface area contributed by atoms with Gasteiger partial charge in [0.1, 0.15) is 6.04 Å². The lowest BCUT2D eigenvalue weighted by Gasteiger charge is -2.30. The van der Waals surface area contributed by atoms with Crippen LogP contribution in [0.15, 0.2) is 0 Å². The molecule has 0 rings (SSSR count). The molecular formula is C12H25N3O3S. The fourth-order valence-corrected chi connectivity index (χ4v) is 2.20. The molecule has 0 aliphatic carbocycles. The van der Waals surface area contributed by atoms with E-state index in [1.54, 1.807) is 16.7 Å². The minimum absolute atomic E-state index is 0.0190. The Balaban J connectivity index is 4.73. The minimum atomic E-state index is -0.690. The van der Waals surface area contributed by atoms with Crippen molar-refractivity contribution < 1.29 is 14.7 Å². The molecule has 0 aliphatic rings. The summed E-state index contributed by atoms with van der Waals surface area (Å²) in [6.45, 7) is 4.33. The zero-order valence-corrected chi connectivity index (χ0v) is 12.7. The highest BCUT2D eigenvalue weighted by atomic mass is 32.2. The summed E-state index contributed by atoms with van der Waals surface area (Å²) < 4.78 is 0. The maximum atomic E-state index is 12.4. The molecule has 19 heavy (non-hydrogen) atoms. The van der Waals surface area contributed by atoms with Gasteiger partial charge < -0.3 is 21.1 Å². The molecule has 0 aromatic rings. The summed E-state index contributed by atoms with van der Waals surface area (Å²) in [6.07, 6.45) is 3.01. The third-order valence-electron chi connectivity index (χ3n) is 2.69. The van der Waals surface area contributed by atoms with E-state index in [4.69, 9.17) is 10.8 Å². The Hall–Kier alpha value is -0.950. The van der Waals surface area contributed by atoms with Crippen molar-refractivity contribution in [2.24, 2.45) is 5.73 Å². The molecule has 0 heterocycles. The number of aliphatic hydroxyl groups is 1. The number of hydrogen-bond acceptors (Lipinski definition) is 4. The number of carbonyl (C=O) groups is 2. The number of aliphatic hydroxyl groups excluding tert-OH is 1. The Kier molecular flexibility index (Phi) is 9.42. The van der Waals surface area contributed by atoms with Crippen molar-refractivity contribution in [3.63, 3.8) is 0 Å². The third-order valence-corrected chi connectivity index (χ3v) is 3.33. The van der Waals surface area contributed by atoms with Gasteiger partial charge in [-0.05, 0) is 38.7 Å². The lowest BCUT2D eigenvalue weighted by molar-refractivity contribution is -0.135. The Labute approximate surface area is 119 Å². The molecule has 1 atom stereocenters. The van der Waals surface area contributed by atoms with Gasteiger partial charge in [-0.3, -0.25) is 4.79 Å². The Morgan fingerprint density at radius 2 is 2.05 bits per heavy atom. The van der Waals surface area contributed by atoms with E-state index in [2.05, 4.69) is 5.32 Å². The highest BCUT2D eigenvalue weighted by molar-refractivity contribution is 7.98. The number of rotatable bonds is 9. The van der Waals surface area contributed by atoms with Gasteiger partial charge in [0.05, 0.1) is 0 Å². The SMILES string of the molecule is CSCCC(NC(N)=O)C(=O)N(CCCO)C(C)C. The summed E-state index contributed by atoms with van der Waals surface area (Å²) in [6, 6.07) is -1.26. The number of nitrogens with one attached hydrogen (secondary N) is 1. The summed E-state index contributed by atoms with van der Waals surface area (Å²) in [5.41, 5.74) is 5.11. The quantitative estimate of drug-likeness (QED) is 0.573. The van der Waals surface area contributed by atoms with Crippen LogP contribution >= 0.6 is 11.8 Å². The van der Waals surface area contributed by atoms with Crippen molar-refractivity contribution in [2.45, 2.75) is 38.8 Å². The van der Waals surface area contributed by atoms with Crippen molar-refractivity contribution in [3.8, 4) is 0 Å². The number of nitrogens with two attached hydrogens (primary N) is 1. The molecule has 0 saturated carbocycles. The first kappa shape index (κ1) is 18.0.